The molecule has 1 aliphatic heterocycles. The summed E-state index contributed by atoms with van der Waals surface area (Å²) >= 11 is 0. The Balaban J connectivity index is 1.58. The highest BCUT2D eigenvalue weighted by molar-refractivity contribution is 5.97. The molecule has 1 saturated heterocycles. The Morgan fingerprint density at radius 1 is 1.10 bits per heavy atom. The van der Waals surface area contributed by atoms with E-state index in [0.29, 0.717) is 24.5 Å². The third-order valence-electron chi connectivity index (χ3n) is 5.18. The molecule has 2 aromatic rings. The molecule has 1 aliphatic rings. The number of halogens is 4. The molecule has 0 saturated carbocycles. The quantitative estimate of drug-likeness (QED) is 0.642. The van der Waals surface area contributed by atoms with Gasteiger partial charge in [-0.05, 0) is 42.7 Å². The molecule has 0 atom stereocenters. The number of carbonyl (C=O) groups is 2. The lowest BCUT2D eigenvalue weighted by atomic mass is 9.89. The van der Waals surface area contributed by atoms with Crippen LogP contribution in [-0.4, -0.2) is 36.3 Å². The van der Waals surface area contributed by atoms with Crippen molar-refractivity contribution < 1.29 is 31.9 Å². The lowest BCUT2D eigenvalue weighted by Gasteiger charge is -2.31. The normalized spacial score (nSPS) is 14.4. The van der Waals surface area contributed by atoms with Crippen LogP contribution < -0.4 is 4.74 Å². The van der Waals surface area contributed by atoms with Gasteiger partial charge in [0, 0.05) is 25.4 Å². The first-order valence-electron chi connectivity index (χ1n) is 9.53. The number of ether oxygens (including phenoxy) is 1. The molecule has 0 aromatic heterocycles. The maximum atomic E-state index is 13.5. The summed E-state index contributed by atoms with van der Waals surface area (Å²) in [4.78, 5) is 26.6. The average molecular weight is 434 g/mol. The summed E-state index contributed by atoms with van der Waals surface area (Å²) < 4.78 is 55.5. The Morgan fingerprint density at radius 2 is 1.71 bits per heavy atom. The Bertz CT molecular complexity index is 1010. The Kier molecular flexibility index (Phi) is 6.90. The number of likely N-dealkylation sites (tertiary alicyclic amines) is 1. The van der Waals surface area contributed by atoms with E-state index >= 15 is 0 Å². The Labute approximate surface area is 175 Å². The fourth-order valence-electron chi connectivity index (χ4n) is 3.53. The summed E-state index contributed by atoms with van der Waals surface area (Å²) in [6.07, 6.45) is 0.904. The minimum Gasteiger partial charge on any atom is -0.435 e. The number of hydrogen-bond donors (Lipinski definition) is 0. The minimum atomic E-state index is -2.92. The highest BCUT2D eigenvalue weighted by Crippen LogP contribution is 2.24. The SMILES string of the molecule is N#Cc1cc(F)c(F)cc1C(=O)N1CCC(C(=O)Cc2ccc(OC(F)F)cc2)CC1. The molecule has 1 heterocycles. The van der Waals surface area contributed by atoms with Crippen LogP contribution in [0.1, 0.15) is 34.3 Å². The number of nitriles is 1. The van der Waals surface area contributed by atoms with Crippen molar-refractivity contribution in [2.24, 2.45) is 5.92 Å². The van der Waals surface area contributed by atoms with Crippen molar-refractivity contribution in [2.75, 3.05) is 13.1 Å². The van der Waals surface area contributed by atoms with Crippen LogP contribution in [0.5, 0.6) is 5.75 Å². The highest BCUT2D eigenvalue weighted by atomic mass is 19.3. The Morgan fingerprint density at radius 3 is 2.29 bits per heavy atom. The molecule has 31 heavy (non-hydrogen) atoms. The number of ketones is 1. The maximum absolute atomic E-state index is 13.5. The number of Topliss-reactive ketones (excluding diaryl/α,β-unsaturated/α-hetero) is 1. The second kappa shape index (κ2) is 9.60. The van der Waals surface area contributed by atoms with Crippen LogP contribution in [0.25, 0.3) is 0 Å². The zero-order valence-corrected chi connectivity index (χ0v) is 16.3. The van der Waals surface area contributed by atoms with Gasteiger partial charge in [0.15, 0.2) is 11.6 Å². The number of amides is 1. The van der Waals surface area contributed by atoms with Gasteiger partial charge in [-0.15, -0.1) is 0 Å². The second-order valence-corrected chi connectivity index (χ2v) is 7.16. The molecular formula is C22H18F4N2O3. The van der Waals surface area contributed by atoms with Crippen LogP contribution in [-0.2, 0) is 11.2 Å². The van der Waals surface area contributed by atoms with E-state index in [9.17, 15) is 27.2 Å². The summed E-state index contributed by atoms with van der Waals surface area (Å²) in [6, 6.07) is 8.92. The van der Waals surface area contributed by atoms with Gasteiger partial charge in [0.1, 0.15) is 17.6 Å². The number of piperidine rings is 1. The zero-order valence-electron chi connectivity index (χ0n) is 16.3. The van der Waals surface area contributed by atoms with Crippen LogP contribution in [0.2, 0.25) is 0 Å². The first-order valence-corrected chi connectivity index (χ1v) is 9.53. The van der Waals surface area contributed by atoms with Crippen LogP contribution in [0.15, 0.2) is 36.4 Å². The van der Waals surface area contributed by atoms with E-state index in [4.69, 9.17) is 5.26 Å². The van der Waals surface area contributed by atoms with Gasteiger partial charge in [0.05, 0.1) is 11.1 Å². The van der Waals surface area contributed by atoms with Crippen molar-refractivity contribution in [3.05, 3.63) is 64.7 Å². The Hall–Kier alpha value is -3.41. The maximum Gasteiger partial charge on any atom is 0.387 e. The lowest BCUT2D eigenvalue weighted by Crippen LogP contribution is -2.40. The zero-order chi connectivity index (χ0) is 22.5. The number of nitrogens with zero attached hydrogens (tertiary/aromatic N) is 2. The van der Waals surface area contributed by atoms with E-state index in [1.165, 1.54) is 17.0 Å². The fraction of sp³-hybridized carbons (Fsp3) is 0.318. The number of alkyl halides is 2. The standard InChI is InChI=1S/C22H18F4N2O3/c23-18-10-15(12-27)17(11-19(18)24)21(30)28-7-5-14(6-8-28)20(29)9-13-1-3-16(4-2-13)31-22(25)26/h1-4,10-11,14,22H,5-9H2. The molecule has 0 spiro atoms. The summed E-state index contributed by atoms with van der Waals surface area (Å²) in [5.74, 6) is -3.33. The highest BCUT2D eigenvalue weighted by Gasteiger charge is 2.29. The van der Waals surface area contributed by atoms with Gasteiger partial charge >= 0.3 is 6.61 Å². The van der Waals surface area contributed by atoms with Gasteiger partial charge in [-0.3, -0.25) is 9.59 Å². The van der Waals surface area contributed by atoms with Crippen molar-refractivity contribution in [1.82, 2.24) is 4.90 Å². The van der Waals surface area contributed by atoms with E-state index in [0.717, 1.165) is 6.07 Å². The van der Waals surface area contributed by atoms with E-state index in [1.54, 1.807) is 18.2 Å². The molecule has 162 valence electrons. The van der Waals surface area contributed by atoms with Crippen LogP contribution >= 0.6 is 0 Å². The third-order valence-corrected chi connectivity index (χ3v) is 5.18. The van der Waals surface area contributed by atoms with Crippen molar-refractivity contribution in [3.63, 3.8) is 0 Å². The third kappa shape index (κ3) is 5.40. The number of hydrogen-bond acceptors (Lipinski definition) is 4. The second-order valence-electron chi connectivity index (χ2n) is 7.16. The summed E-state index contributed by atoms with van der Waals surface area (Å²) in [6.45, 7) is -2.45. The molecule has 0 radical (unpaired) electrons. The molecule has 1 amide bonds. The topological polar surface area (TPSA) is 70.4 Å². The van der Waals surface area contributed by atoms with Crippen LogP contribution in [0.3, 0.4) is 0 Å². The lowest BCUT2D eigenvalue weighted by molar-refractivity contribution is -0.123. The molecule has 0 unspecified atom stereocenters. The largest absolute Gasteiger partial charge is 0.435 e. The summed E-state index contributed by atoms with van der Waals surface area (Å²) in [5.41, 5.74) is 0.198. The van der Waals surface area contributed by atoms with Crippen molar-refractivity contribution in [2.45, 2.75) is 25.9 Å². The average Bonchev–Trinajstić information content (AvgIpc) is 2.76. The molecule has 9 heteroatoms. The molecule has 0 N–H and O–H groups in total. The molecule has 0 bridgehead atoms. The molecule has 0 aliphatic carbocycles. The number of benzene rings is 2. The molecule has 1 fully saturated rings. The minimum absolute atomic E-state index is 0.00647. The van der Waals surface area contributed by atoms with Crippen LogP contribution in [0, 0.1) is 28.9 Å². The van der Waals surface area contributed by atoms with E-state index in [-0.39, 0.29) is 48.1 Å². The van der Waals surface area contributed by atoms with Gasteiger partial charge < -0.3 is 9.64 Å². The molecule has 2 aromatic carbocycles. The van der Waals surface area contributed by atoms with Crippen molar-refractivity contribution >= 4 is 11.7 Å². The van der Waals surface area contributed by atoms with Gasteiger partial charge in [-0.2, -0.15) is 14.0 Å². The monoisotopic (exact) mass is 434 g/mol. The van der Waals surface area contributed by atoms with Gasteiger partial charge in [0.2, 0.25) is 0 Å². The van der Waals surface area contributed by atoms with E-state index < -0.39 is 24.2 Å². The molecule has 5 nitrogen and oxygen atoms in total. The van der Waals surface area contributed by atoms with Gasteiger partial charge in [-0.25, -0.2) is 8.78 Å². The van der Waals surface area contributed by atoms with Gasteiger partial charge in [-0.1, -0.05) is 12.1 Å². The molecular weight excluding hydrogens is 416 g/mol. The van der Waals surface area contributed by atoms with Gasteiger partial charge in [0.25, 0.3) is 5.91 Å². The smallest absolute Gasteiger partial charge is 0.387 e. The van der Waals surface area contributed by atoms with Crippen molar-refractivity contribution in [3.8, 4) is 11.8 Å². The van der Waals surface area contributed by atoms with E-state index in [2.05, 4.69) is 4.74 Å². The first-order chi connectivity index (χ1) is 14.8. The first kappa shape index (κ1) is 22.3. The number of carbonyl (C=O) groups excluding carboxylic acids is 2. The predicted molar refractivity (Wildman–Crippen MR) is 101 cm³/mol. The fourth-order valence-corrected chi connectivity index (χ4v) is 3.53. The predicted octanol–water partition coefficient (Wildman–Crippen LogP) is 4.10. The summed E-state index contributed by atoms with van der Waals surface area (Å²) in [7, 11) is 0. The number of rotatable bonds is 6. The molecule has 3 rings (SSSR count). The summed E-state index contributed by atoms with van der Waals surface area (Å²) in [5, 5.41) is 9.10. The van der Waals surface area contributed by atoms with Crippen LogP contribution in [0.4, 0.5) is 17.6 Å². The van der Waals surface area contributed by atoms with Crippen molar-refractivity contribution in [1.29, 1.82) is 5.26 Å². The van der Waals surface area contributed by atoms with E-state index in [1.807, 2.05) is 0 Å².